The minimum absolute atomic E-state index is 0.782. The Labute approximate surface area is 111 Å². The lowest BCUT2D eigenvalue weighted by Gasteiger charge is -2.05. The van der Waals surface area contributed by atoms with Gasteiger partial charge in [0.15, 0.2) is 0 Å². The molecule has 88 valence electrons. The van der Waals surface area contributed by atoms with Crippen molar-refractivity contribution in [2.24, 2.45) is 0 Å². The summed E-state index contributed by atoms with van der Waals surface area (Å²) in [6.45, 7) is 6.25. The molecule has 0 aliphatic heterocycles. The predicted octanol–water partition coefficient (Wildman–Crippen LogP) is 4.51. The van der Waals surface area contributed by atoms with Crippen LogP contribution in [0.1, 0.15) is 25.8 Å². The monoisotopic (exact) mass is 301 g/mol. The summed E-state index contributed by atoms with van der Waals surface area (Å²) in [5.41, 5.74) is 2.36. The summed E-state index contributed by atoms with van der Waals surface area (Å²) in [7, 11) is 0. The van der Waals surface area contributed by atoms with Crippen LogP contribution in [0.2, 0.25) is 5.02 Å². The van der Waals surface area contributed by atoms with E-state index in [9.17, 15) is 0 Å². The molecule has 0 aromatic heterocycles. The van der Waals surface area contributed by atoms with Crippen molar-refractivity contribution in [3.05, 3.63) is 38.8 Å². The highest BCUT2D eigenvalue weighted by molar-refractivity contribution is 9.10. The Morgan fingerprint density at radius 1 is 1.50 bits per heavy atom. The normalized spacial score (nSPS) is 11.9. The van der Waals surface area contributed by atoms with E-state index >= 15 is 0 Å². The molecule has 1 rings (SSSR count). The maximum Gasteiger partial charge on any atom is 0.0489 e. The van der Waals surface area contributed by atoms with Gasteiger partial charge in [-0.3, -0.25) is 0 Å². The molecule has 0 fully saturated rings. The standard InChI is InChI=1S/C13H17BrClN/c1-3-6-16-9-10(2)7-11-4-5-12(14)8-13(11)15/h4-5,7-8,16H,3,6,9H2,1-2H3/b10-7+. The molecule has 0 saturated carbocycles. The average Bonchev–Trinajstić information content (AvgIpc) is 2.23. The second-order valence-corrected chi connectivity index (χ2v) is 5.16. The quantitative estimate of drug-likeness (QED) is 0.789. The van der Waals surface area contributed by atoms with Crippen molar-refractivity contribution in [2.45, 2.75) is 20.3 Å². The molecule has 0 radical (unpaired) electrons. The zero-order valence-corrected chi connectivity index (χ0v) is 12.0. The summed E-state index contributed by atoms with van der Waals surface area (Å²) in [6.07, 6.45) is 3.28. The number of halogens is 2. The molecule has 1 aromatic rings. The van der Waals surface area contributed by atoms with Crippen LogP contribution in [0, 0.1) is 0 Å². The van der Waals surface area contributed by atoms with Crippen molar-refractivity contribution in [1.29, 1.82) is 0 Å². The van der Waals surface area contributed by atoms with Gasteiger partial charge in [-0.2, -0.15) is 0 Å². The van der Waals surface area contributed by atoms with Gasteiger partial charge >= 0.3 is 0 Å². The summed E-state index contributed by atoms with van der Waals surface area (Å²) < 4.78 is 1.01. The third-order valence-electron chi connectivity index (χ3n) is 2.20. The highest BCUT2D eigenvalue weighted by atomic mass is 79.9. The number of hydrogen-bond donors (Lipinski definition) is 1. The second kappa shape index (κ2) is 7.10. The summed E-state index contributed by atoms with van der Waals surface area (Å²) >= 11 is 9.54. The van der Waals surface area contributed by atoms with E-state index in [2.05, 4.69) is 41.2 Å². The molecular weight excluding hydrogens is 286 g/mol. The van der Waals surface area contributed by atoms with Gasteiger partial charge in [0.25, 0.3) is 0 Å². The van der Waals surface area contributed by atoms with Gasteiger partial charge in [0.2, 0.25) is 0 Å². The van der Waals surface area contributed by atoms with Crippen LogP contribution in [0.4, 0.5) is 0 Å². The smallest absolute Gasteiger partial charge is 0.0489 e. The molecular formula is C13H17BrClN. The lowest BCUT2D eigenvalue weighted by Crippen LogP contribution is -2.16. The van der Waals surface area contributed by atoms with Crippen molar-refractivity contribution >= 4 is 33.6 Å². The molecule has 0 unspecified atom stereocenters. The number of nitrogens with one attached hydrogen (secondary N) is 1. The van der Waals surface area contributed by atoms with Crippen LogP contribution in [0.25, 0.3) is 6.08 Å². The topological polar surface area (TPSA) is 12.0 Å². The minimum Gasteiger partial charge on any atom is -0.313 e. The fourth-order valence-corrected chi connectivity index (χ4v) is 2.13. The van der Waals surface area contributed by atoms with E-state index in [1.165, 1.54) is 5.57 Å². The molecule has 0 amide bonds. The van der Waals surface area contributed by atoms with Gasteiger partial charge in [0, 0.05) is 16.0 Å². The van der Waals surface area contributed by atoms with Crippen LogP contribution in [-0.4, -0.2) is 13.1 Å². The molecule has 0 bridgehead atoms. The SMILES string of the molecule is CCCNC/C(C)=C/c1ccc(Br)cc1Cl. The maximum absolute atomic E-state index is 6.14. The first kappa shape index (κ1) is 13.8. The largest absolute Gasteiger partial charge is 0.313 e. The fraction of sp³-hybridized carbons (Fsp3) is 0.385. The Morgan fingerprint density at radius 2 is 2.25 bits per heavy atom. The maximum atomic E-state index is 6.14. The zero-order chi connectivity index (χ0) is 12.0. The first-order chi connectivity index (χ1) is 7.63. The van der Waals surface area contributed by atoms with Crippen LogP contribution >= 0.6 is 27.5 Å². The van der Waals surface area contributed by atoms with Gasteiger partial charge in [0.1, 0.15) is 0 Å². The number of benzene rings is 1. The van der Waals surface area contributed by atoms with Crippen LogP contribution in [0.15, 0.2) is 28.2 Å². The van der Waals surface area contributed by atoms with Crippen LogP contribution in [0.3, 0.4) is 0 Å². The van der Waals surface area contributed by atoms with Gasteiger partial charge < -0.3 is 5.32 Å². The molecule has 16 heavy (non-hydrogen) atoms. The lowest BCUT2D eigenvalue weighted by atomic mass is 10.1. The molecule has 1 aromatic carbocycles. The van der Waals surface area contributed by atoms with E-state index < -0.39 is 0 Å². The highest BCUT2D eigenvalue weighted by Gasteiger charge is 1.98. The summed E-state index contributed by atoms with van der Waals surface area (Å²) in [5.74, 6) is 0. The minimum atomic E-state index is 0.782. The van der Waals surface area contributed by atoms with E-state index in [1.54, 1.807) is 0 Å². The first-order valence-electron chi connectivity index (χ1n) is 5.46. The first-order valence-corrected chi connectivity index (χ1v) is 6.63. The van der Waals surface area contributed by atoms with Gasteiger partial charge in [-0.25, -0.2) is 0 Å². The molecule has 1 N–H and O–H groups in total. The molecule has 0 heterocycles. The Balaban J connectivity index is 2.66. The van der Waals surface area contributed by atoms with E-state index in [1.807, 2.05) is 18.2 Å². The van der Waals surface area contributed by atoms with Crippen molar-refractivity contribution < 1.29 is 0 Å². The molecule has 1 nitrogen and oxygen atoms in total. The van der Waals surface area contributed by atoms with E-state index in [0.29, 0.717) is 0 Å². The Morgan fingerprint density at radius 3 is 2.88 bits per heavy atom. The van der Waals surface area contributed by atoms with Gasteiger partial charge in [-0.1, -0.05) is 52.2 Å². The highest BCUT2D eigenvalue weighted by Crippen LogP contribution is 2.23. The Kier molecular flexibility index (Phi) is 6.10. The molecule has 0 saturated heterocycles. The number of hydrogen-bond acceptors (Lipinski definition) is 1. The van der Waals surface area contributed by atoms with E-state index in [-0.39, 0.29) is 0 Å². The van der Waals surface area contributed by atoms with Gasteiger partial charge in [0.05, 0.1) is 0 Å². The summed E-state index contributed by atoms with van der Waals surface area (Å²) in [5, 5.41) is 4.15. The Hall–Kier alpha value is -0.310. The summed E-state index contributed by atoms with van der Waals surface area (Å²) in [4.78, 5) is 0. The predicted molar refractivity (Wildman–Crippen MR) is 76.0 cm³/mol. The van der Waals surface area contributed by atoms with Crippen molar-refractivity contribution in [1.82, 2.24) is 5.32 Å². The second-order valence-electron chi connectivity index (χ2n) is 3.83. The van der Waals surface area contributed by atoms with E-state index in [0.717, 1.165) is 34.6 Å². The summed E-state index contributed by atoms with van der Waals surface area (Å²) in [6, 6.07) is 5.94. The molecule has 3 heteroatoms. The molecule has 0 spiro atoms. The van der Waals surface area contributed by atoms with Crippen LogP contribution in [-0.2, 0) is 0 Å². The van der Waals surface area contributed by atoms with E-state index in [4.69, 9.17) is 11.6 Å². The fourth-order valence-electron chi connectivity index (χ4n) is 1.40. The van der Waals surface area contributed by atoms with Gasteiger partial charge in [-0.15, -0.1) is 0 Å². The van der Waals surface area contributed by atoms with Crippen molar-refractivity contribution in [2.75, 3.05) is 13.1 Å². The third kappa shape index (κ3) is 4.69. The van der Waals surface area contributed by atoms with Gasteiger partial charge in [-0.05, 0) is 37.6 Å². The zero-order valence-electron chi connectivity index (χ0n) is 9.69. The van der Waals surface area contributed by atoms with Crippen molar-refractivity contribution in [3.8, 4) is 0 Å². The van der Waals surface area contributed by atoms with Crippen LogP contribution in [0.5, 0.6) is 0 Å². The van der Waals surface area contributed by atoms with Crippen molar-refractivity contribution in [3.63, 3.8) is 0 Å². The molecule has 0 aliphatic carbocycles. The number of rotatable bonds is 5. The Bertz CT molecular complexity index is 374. The third-order valence-corrected chi connectivity index (χ3v) is 3.02. The molecule has 0 atom stereocenters. The van der Waals surface area contributed by atoms with Crippen LogP contribution < -0.4 is 5.32 Å². The molecule has 0 aliphatic rings. The average molecular weight is 303 g/mol. The lowest BCUT2D eigenvalue weighted by molar-refractivity contribution is 0.715.